The molecule has 7 heteroatoms. The van der Waals surface area contributed by atoms with Crippen LogP contribution in [0.5, 0.6) is 0 Å². The molecule has 1 amide bonds. The minimum atomic E-state index is -0.253. The predicted octanol–water partition coefficient (Wildman–Crippen LogP) is 4.24. The summed E-state index contributed by atoms with van der Waals surface area (Å²) in [5.74, 6) is 0.798. The second kappa shape index (κ2) is 9.24. The Bertz CT molecular complexity index is 1380. The van der Waals surface area contributed by atoms with Crippen LogP contribution in [0.3, 0.4) is 0 Å². The molecule has 2 aromatic carbocycles. The largest absolute Gasteiger partial charge is 0.326 e. The van der Waals surface area contributed by atoms with Gasteiger partial charge in [-0.25, -0.2) is 0 Å². The van der Waals surface area contributed by atoms with Crippen molar-refractivity contribution in [1.29, 1.82) is 0 Å². The van der Waals surface area contributed by atoms with E-state index in [9.17, 15) is 9.59 Å². The molecule has 0 aliphatic carbocycles. The lowest BCUT2D eigenvalue weighted by Gasteiger charge is -2.14. The molecule has 1 N–H and O–H groups in total. The third-order valence-electron chi connectivity index (χ3n) is 5.57. The van der Waals surface area contributed by atoms with Crippen molar-refractivity contribution in [1.82, 2.24) is 19.2 Å². The van der Waals surface area contributed by atoms with E-state index in [-0.39, 0.29) is 17.9 Å². The summed E-state index contributed by atoms with van der Waals surface area (Å²) in [7, 11) is 0. The van der Waals surface area contributed by atoms with Crippen LogP contribution in [0.2, 0.25) is 0 Å². The smallest absolute Gasteiger partial charge is 0.279 e. The lowest BCUT2D eigenvalue weighted by atomic mass is 10.1. The van der Waals surface area contributed by atoms with Crippen molar-refractivity contribution in [2.24, 2.45) is 0 Å². The topological polar surface area (TPSA) is 81.3 Å². The number of aryl methyl sites for hydroxylation is 2. The molecule has 4 rings (SSSR count). The van der Waals surface area contributed by atoms with Gasteiger partial charge in [-0.15, -0.1) is 11.7 Å². The van der Waals surface area contributed by atoms with Crippen molar-refractivity contribution in [3.8, 4) is 11.4 Å². The third-order valence-corrected chi connectivity index (χ3v) is 5.57. The SMILES string of the molecule is C=CCn1c(C)c(CCC(=O)Nc2cc(C)cc(C)c2)c(=O)n2nc(-c3ccccc3)nc12. The summed E-state index contributed by atoms with van der Waals surface area (Å²) in [6.45, 7) is 10.2. The number of anilines is 1. The van der Waals surface area contributed by atoms with Crippen LogP contribution < -0.4 is 10.9 Å². The molecule has 0 fully saturated rings. The molecule has 4 aromatic rings. The molecule has 0 aliphatic rings. The minimum absolute atomic E-state index is 0.141. The van der Waals surface area contributed by atoms with Crippen molar-refractivity contribution in [3.63, 3.8) is 0 Å². The maximum absolute atomic E-state index is 13.3. The van der Waals surface area contributed by atoms with Crippen LogP contribution >= 0.6 is 0 Å². The van der Waals surface area contributed by atoms with Crippen molar-refractivity contribution in [2.45, 2.75) is 40.2 Å². The quantitative estimate of drug-likeness (QED) is 0.435. The lowest BCUT2D eigenvalue weighted by Crippen LogP contribution is -2.27. The Balaban J connectivity index is 1.66. The third kappa shape index (κ3) is 4.62. The number of fused-ring (bicyclic) bond motifs is 1. The molecule has 2 heterocycles. The Morgan fingerprint density at radius 1 is 1.09 bits per heavy atom. The van der Waals surface area contributed by atoms with Crippen LogP contribution in [0, 0.1) is 20.8 Å². The first-order valence-corrected chi connectivity index (χ1v) is 10.9. The Hall–Kier alpha value is -4.00. The summed E-state index contributed by atoms with van der Waals surface area (Å²) >= 11 is 0. The second-order valence-electron chi connectivity index (χ2n) is 8.21. The molecular weight excluding hydrogens is 414 g/mol. The fourth-order valence-corrected chi connectivity index (χ4v) is 4.06. The molecule has 0 atom stereocenters. The van der Waals surface area contributed by atoms with Gasteiger partial charge in [0.1, 0.15) is 0 Å². The summed E-state index contributed by atoms with van der Waals surface area (Å²) in [5, 5.41) is 7.42. The first-order chi connectivity index (χ1) is 15.9. The van der Waals surface area contributed by atoms with Crippen molar-refractivity contribution >= 4 is 17.4 Å². The van der Waals surface area contributed by atoms with E-state index >= 15 is 0 Å². The van der Waals surface area contributed by atoms with E-state index in [4.69, 9.17) is 0 Å². The summed E-state index contributed by atoms with van der Waals surface area (Å²) in [4.78, 5) is 30.5. The molecule has 168 valence electrons. The normalized spacial score (nSPS) is 11.0. The fourth-order valence-electron chi connectivity index (χ4n) is 4.06. The zero-order valence-electron chi connectivity index (χ0n) is 19.1. The number of hydrogen-bond donors (Lipinski definition) is 1. The van der Waals surface area contributed by atoms with Gasteiger partial charge < -0.3 is 9.88 Å². The van der Waals surface area contributed by atoms with Crippen LogP contribution in [0.25, 0.3) is 17.2 Å². The van der Waals surface area contributed by atoms with Gasteiger partial charge in [-0.2, -0.15) is 9.50 Å². The number of amides is 1. The van der Waals surface area contributed by atoms with E-state index in [1.54, 1.807) is 6.08 Å². The molecule has 7 nitrogen and oxygen atoms in total. The van der Waals surface area contributed by atoms with E-state index < -0.39 is 0 Å². The summed E-state index contributed by atoms with van der Waals surface area (Å²) in [6.07, 6.45) is 2.24. The molecule has 0 bridgehead atoms. The first-order valence-electron chi connectivity index (χ1n) is 10.9. The van der Waals surface area contributed by atoms with Gasteiger partial charge >= 0.3 is 0 Å². The van der Waals surface area contributed by atoms with Gasteiger partial charge in [0.25, 0.3) is 5.56 Å². The zero-order chi connectivity index (χ0) is 23.5. The molecule has 0 saturated carbocycles. The average Bonchev–Trinajstić information content (AvgIpc) is 3.22. The van der Waals surface area contributed by atoms with E-state index in [0.717, 1.165) is 28.1 Å². The lowest BCUT2D eigenvalue weighted by molar-refractivity contribution is -0.116. The molecule has 33 heavy (non-hydrogen) atoms. The highest BCUT2D eigenvalue weighted by atomic mass is 16.1. The molecule has 0 saturated heterocycles. The van der Waals surface area contributed by atoms with E-state index in [1.807, 2.05) is 67.8 Å². The number of allylic oxidation sites excluding steroid dienone is 1. The number of nitrogens with zero attached hydrogens (tertiary/aromatic N) is 4. The van der Waals surface area contributed by atoms with Crippen LogP contribution in [0.1, 0.15) is 28.8 Å². The zero-order valence-corrected chi connectivity index (χ0v) is 19.1. The number of nitrogens with one attached hydrogen (secondary N) is 1. The Labute approximate surface area is 192 Å². The van der Waals surface area contributed by atoms with Gasteiger partial charge in [0.05, 0.1) is 0 Å². The van der Waals surface area contributed by atoms with Crippen LogP contribution in [-0.4, -0.2) is 25.1 Å². The van der Waals surface area contributed by atoms with E-state index in [2.05, 4.69) is 28.0 Å². The Morgan fingerprint density at radius 2 is 1.79 bits per heavy atom. The molecule has 2 aromatic heterocycles. The number of benzene rings is 2. The number of aromatic nitrogens is 4. The predicted molar refractivity (Wildman–Crippen MR) is 130 cm³/mol. The van der Waals surface area contributed by atoms with E-state index in [1.165, 1.54) is 4.52 Å². The highest BCUT2D eigenvalue weighted by Gasteiger charge is 2.19. The highest BCUT2D eigenvalue weighted by Crippen LogP contribution is 2.18. The van der Waals surface area contributed by atoms with Gasteiger partial charge in [0.15, 0.2) is 5.82 Å². The Kier molecular flexibility index (Phi) is 6.22. The molecule has 0 radical (unpaired) electrons. The highest BCUT2D eigenvalue weighted by molar-refractivity contribution is 5.91. The van der Waals surface area contributed by atoms with Gasteiger partial charge in [0.2, 0.25) is 11.7 Å². The van der Waals surface area contributed by atoms with Gasteiger partial charge in [-0.05, 0) is 50.5 Å². The molecule has 0 spiro atoms. The maximum atomic E-state index is 13.3. The summed E-state index contributed by atoms with van der Waals surface area (Å²) < 4.78 is 3.24. The summed E-state index contributed by atoms with van der Waals surface area (Å²) in [5.41, 5.74) is 4.81. The Morgan fingerprint density at radius 3 is 2.45 bits per heavy atom. The molecular formula is C26H27N5O2. The second-order valence-corrected chi connectivity index (χ2v) is 8.21. The molecule has 0 unspecified atom stereocenters. The van der Waals surface area contributed by atoms with Crippen LogP contribution in [0.15, 0.2) is 66.0 Å². The monoisotopic (exact) mass is 441 g/mol. The standard InChI is InChI=1S/C26H27N5O2/c1-5-13-30-19(4)22(11-12-23(32)27-21-15-17(2)14-18(3)16-21)25(33)31-26(30)28-24(29-31)20-9-7-6-8-10-20/h5-10,14-16H,1,11-13H2,2-4H3,(H,27,32). The number of hydrogen-bond acceptors (Lipinski definition) is 4. The van der Waals surface area contributed by atoms with Crippen molar-refractivity contribution in [2.75, 3.05) is 5.32 Å². The van der Waals surface area contributed by atoms with E-state index in [0.29, 0.717) is 30.1 Å². The number of carbonyl (C=O) groups excluding carboxylic acids is 1. The van der Waals surface area contributed by atoms with Crippen LogP contribution in [-0.2, 0) is 17.8 Å². The van der Waals surface area contributed by atoms with Gasteiger partial charge in [-0.1, -0.05) is 42.5 Å². The van der Waals surface area contributed by atoms with Crippen molar-refractivity contribution in [3.05, 3.63) is 93.9 Å². The summed E-state index contributed by atoms with van der Waals surface area (Å²) in [6, 6.07) is 15.5. The minimum Gasteiger partial charge on any atom is -0.326 e. The maximum Gasteiger partial charge on any atom is 0.279 e. The number of rotatable bonds is 7. The van der Waals surface area contributed by atoms with Gasteiger partial charge in [-0.3, -0.25) is 9.59 Å². The average molecular weight is 442 g/mol. The first kappa shape index (κ1) is 22.2. The van der Waals surface area contributed by atoms with Gasteiger partial charge in [0, 0.05) is 35.5 Å². The molecule has 0 aliphatic heterocycles. The van der Waals surface area contributed by atoms with Crippen LogP contribution in [0.4, 0.5) is 5.69 Å². The van der Waals surface area contributed by atoms with Crippen molar-refractivity contribution < 1.29 is 4.79 Å². The number of carbonyl (C=O) groups is 1. The fraction of sp³-hybridized carbons (Fsp3) is 0.231.